The maximum Gasteiger partial charge on any atom is 0.296 e. The Kier molecular flexibility index (Phi) is 4.33. The molecular formula is C22H20N6O3. The Hall–Kier alpha value is -3.98. The molecule has 0 bridgehead atoms. The number of fused-ring (bicyclic) bond motifs is 2. The first-order chi connectivity index (χ1) is 14.9. The second-order valence-corrected chi connectivity index (χ2v) is 7.53. The van der Waals surface area contributed by atoms with Crippen molar-refractivity contribution >= 4 is 16.6 Å². The molecule has 1 aromatic carbocycles. The van der Waals surface area contributed by atoms with Crippen molar-refractivity contribution in [2.24, 2.45) is 7.05 Å². The van der Waals surface area contributed by atoms with E-state index in [0.29, 0.717) is 11.3 Å². The minimum Gasteiger partial charge on any atom is -0.391 e. The van der Waals surface area contributed by atoms with E-state index in [9.17, 15) is 14.7 Å². The van der Waals surface area contributed by atoms with Crippen LogP contribution in [0.25, 0.3) is 33.5 Å². The fourth-order valence-electron chi connectivity index (χ4n) is 3.81. The first kappa shape index (κ1) is 19.0. The molecule has 0 amide bonds. The van der Waals surface area contributed by atoms with Crippen LogP contribution in [0.3, 0.4) is 0 Å². The van der Waals surface area contributed by atoms with Gasteiger partial charge in [-0.3, -0.25) is 14.3 Å². The van der Waals surface area contributed by atoms with Crippen LogP contribution in [0.2, 0.25) is 0 Å². The van der Waals surface area contributed by atoms with Gasteiger partial charge in [-0.2, -0.15) is 5.10 Å². The first-order valence-corrected chi connectivity index (χ1v) is 9.84. The molecule has 0 spiro atoms. The number of nitrogens with zero attached hydrogens (tertiary/aromatic N) is 6. The summed E-state index contributed by atoms with van der Waals surface area (Å²) in [5.41, 5.74) is 2.31. The summed E-state index contributed by atoms with van der Waals surface area (Å²) in [5.74, 6) is 0. The van der Waals surface area contributed by atoms with E-state index in [-0.39, 0.29) is 17.4 Å². The van der Waals surface area contributed by atoms with Gasteiger partial charge in [-0.15, -0.1) is 0 Å². The molecule has 0 saturated heterocycles. The van der Waals surface area contributed by atoms with Crippen molar-refractivity contribution in [1.82, 2.24) is 28.5 Å². The van der Waals surface area contributed by atoms with E-state index in [1.807, 2.05) is 40.9 Å². The lowest BCUT2D eigenvalue weighted by molar-refractivity contribution is 0.162. The topological polar surface area (TPSA) is 99.4 Å². The van der Waals surface area contributed by atoms with Gasteiger partial charge in [0, 0.05) is 31.1 Å². The van der Waals surface area contributed by atoms with Crippen LogP contribution in [0.1, 0.15) is 6.92 Å². The highest BCUT2D eigenvalue weighted by atomic mass is 16.3. The van der Waals surface area contributed by atoms with Crippen LogP contribution in [0.5, 0.6) is 0 Å². The van der Waals surface area contributed by atoms with Crippen molar-refractivity contribution in [3.8, 4) is 16.9 Å². The quantitative estimate of drug-likeness (QED) is 0.480. The van der Waals surface area contributed by atoms with Gasteiger partial charge < -0.3 is 9.51 Å². The van der Waals surface area contributed by atoms with Crippen LogP contribution in [0.4, 0.5) is 0 Å². The molecule has 1 atom stereocenters. The zero-order valence-corrected chi connectivity index (χ0v) is 17.0. The zero-order valence-electron chi connectivity index (χ0n) is 17.0. The van der Waals surface area contributed by atoms with E-state index in [0.717, 1.165) is 11.3 Å². The van der Waals surface area contributed by atoms with Gasteiger partial charge in [0.1, 0.15) is 11.2 Å². The average molecular weight is 416 g/mol. The number of imidazole rings is 1. The van der Waals surface area contributed by atoms with E-state index in [2.05, 4.69) is 10.1 Å². The van der Waals surface area contributed by atoms with Crippen LogP contribution in [0.15, 0.2) is 70.6 Å². The van der Waals surface area contributed by atoms with Crippen LogP contribution < -0.4 is 11.1 Å². The zero-order chi connectivity index (χ0) is 21.7. The molecule has 1 N–H and O–H groups in total. The van der Waals surface area contributed by atoms with Crippen LogP contribution in [-0.4, -0.2) is 39.7 Å². The molecule has 0 aliphatic rings. The lowest BCUT2D eigenvalue weighted by atomic mass is 10.2. The molecule has 1 unspecified atom stereocenters. The summed E-state index contributed by atoms with van der Waals surface area (Å²) in [6.07, 6.45) is 4.26. The minimum absolute atomic E-state index is 0.0339. The van der Waals surface area contributed by atoms with E-state index < -0.39 is 17.2 Å². The van der Waals surface area contributed by atoms with Gasteiger partial charge in [0.15, 0.2) is 0 Å². The Morgan fingerprint density at radius 1 is 1.10 bits per heavy atom. The molecule has 4 aromatic heterocycles. The van der Waals surface area contributed by atoms with Crippen molar-refractivity contribution in [1.29, 1.82) is 0 Å². The molecule has 0 radical (unpaired) electrons. The summed E-state index contributed by atoms with van der Waals surface area (Å²) in [5, 5.41) is 14.2. The van der Waals surface area contributed by atoms with Gasteiger partial charge in [-0.05, 0) is 13.0 Å². The van der Waals surface area contributed by atoms with Crippen molar-refractivity contribution in [2.75, 3.05) is 0 Å². The number of pyridine rings is 1. The van der Waals surface area contributed by atoms with E-state index in [1.54, 1.807) is 32.3 Å². The Morgan fingerprint density at radius 3 is 2.61 bits per heavy atom. The minimum atomic E-state index is -0.822. The van der Waals surface area contributed by atoms with Crippen LogP contribution in [-0.2, 0) is 13.6 Å². The molecule has 9 heteroatoms. The summed E-state index contributed by atoms with van der Waals surface area (Å²) in [6.45, 7) is 1.53. The van der Waals surface area contributed by atoms with Crippen molar-refractivity contribution < 1.29 is 5.11 Å². The smallest absolute Gasteiger partial charge is 0.296 e. The third kappa shape index (κ3) is 3.06. The Labute approximate surface area is 176 Å². The van der Waals surface area contributed by atoms with Gasteiger partial charge in [0.25, 0.3) is 11.1 Å². The molecule has 0 fully saturated rings. The molecular weight excluding hydrogens is 396 g/mol. The lowest BCUT2D eigenvalue weighted by Crippen LogP contribution is -2.40. The highest BCUT2D eigenvalue weighted by Crippen LogP contribution is 2.20. The summed E-state index contributed by atoms with van der Waals surface area (Å²) >= 11 is 0. The van der Waals surface area contributed by atoms with Crippen molar-refractivity contribution in [3.05, 3.63) is 81.8 Å². The molecule has 4 heterocycles. The van der Waals surface area contributed by atoms with Crippen molar-refractivity contribution in [3.63, 3.8) is 0 Å². The molecule has 0 aliphatic heterocycles. The molecule has 5 rings (SSSR count). The summed E-state index contributed by atoms with van der Waals surface area (Å²) in [7, 11) is 1.62. The Morgan fingerprint density at radius 2 is 1.87 bits per heavy atom. The molecule has 5 aromatic rings. The molecule has 31 heavy (non-hydrogen) atoms. The fourth-order valence-corrected chi connectivity index (χ4v) is 3.81. The maximum atomic E-state index is 13.4. The van der Waals surface area contributed by atoms with E-state index in [4.69, 9.17) is 0 Å². The largest absolute Gasteiger partial charge is 0.391 e. The Balaban J connectivity index is 1.76. The predicted octanol–water partition coefficient (Wildman–Crippen LogP) is 1.58. The molecule has 156 valence electrons. The number of hydrogen-bond donors (Lipinski definition) is 1. The molecule has 9 nitrogen and oxygen atoms in total. The summed E-state index contributed by atoms with van der Waals surface area (Å²) in [6, 6.07) is 13.3. The SMILES string of the molecule is CC(O)Cn1c(=O)c2cnn(C)c2c(=O)n1-c1ccn2cc(-c3ccccc3)nc2c1. The normalized spacial score (nSPS) is 12.6. The van der Waals surface area contributed by atoms with E-state index in [1.165, 1.54) is 20.2 Å². The standard InChI is InChI=1S/C22H20N6O3/c1-14(29)12-27-21(30)17-11-23-25(2)20(17)22(31)28(27)16-8-9-26-13-18(24-19(26)10-16)15-6-4-3-5-7-15/h3-11,13-14,29H,12H2,1-2H3. The number of aryl methyl sites for hydroxylation is 1. The Bertz CT molecular complexity index is 1540. The lowest BCUT2D eigenvalue weighted by Gasteiger charge is -2.17. The van der Waals surface area contributed by atoms with Crippen LogP contribution >= 0.6 is 0 Å². The number of aliphatic hydroxyl groups excluding tert-OH is 1. The molecule has 0 saturated carbocycles. The van der Waals surface area contributed by atoms with E-state index >= 15 is 0 Å². The number of aromatic nitrogens is 6. The van der Waals surface area contributed by atoms with Crippen LogP contribution in [0, 0.1) is 0 Å². The number of benzene rings is 1. The average Bonchev–Trinajstić information content (AvgIpc) is 3.36. The van der Waals surface area contributed by atoms with Gasteiger partial charge in [0.05, 0.1) is 35.6 Å². The predicted molar refractivity (Wildman–Crippen MR) is 116 cm³/mol. The fraction of sp³-hybridized carbons (Fsp3) is 0.182. The highest BCUT2D eigenvalue weighted by Gasteiger charge is 2.19. The summed E-state index contributed by atoms with van der Waals surface area (Å²) < 4.78 is 5.79. The molecule has 0 aliphatic carbocycles. The van der Waals surface area contributed by atoms with Gasteiger partial charge in [0.2, 0.25) is 0 Å². The van der Waals surface area contributed by atoms with Gasteiger partial charge >= 0.3 is 0 Å². The number of aliphatic hydroxyl groups is 1. The monoisotopic (exact) mass is 416 g/mol. The number of hydrogen-bond acceptors (Lipinski definition) is 5. The maximum absolute atomic E-state index is 13.4. The second kappa shape index (κ2) is 7.06. The first-order valence-electron chi connectivity index (χ1n) is 9.84. The number of rotatable bonds is 4. The second-order valence-electron chi connectivity index (χ2n) is 7.53. The third-order valence-corrected chi connectivity index (χ3v) is 5.24. The van der Waals surface area contributed by atoms with Gasteiger partial charge in [-0.25, -0.2) is 14.3 Å². The third-order valence-electron chi connectivity index (χ3n) is 5.24. The summed E-state index contributed by atoms with van der Waals surface area (Å²) in [4.78, 5) is 31.1. The van der Waals surface area contributed by atoms with Crippen molar-refractivity contribution in [2.45, 2.75) is 19.6 Å². The van der Waals surface area contributed by atoms with Gasteiger partial charge in [-0.1, -0.05) is 30.3 Å². The highest BCUT2D eigenvalue weighted by molar-refractivity contribution is 5.76.